The first-order valence-electron chi connectivity index (χ1n) is 7.76. The van der Waals surface area contributed by atoms with Crippen LogP contribution in [0.2, 0.25) is 0 Å². The number of ether oxygens (including phenoxy) is 1. The summed E-state index contributed by atoms with van der Waals surface area (Å²) in [6.45, 7) is 6.18. The lowest BCUT2D eigenvalue weighted by Crippen LogP contribution is -2.50. The summed E-state index contributed by atoms with van der Waals surface area (Å²) >= 11 is 0. The van der Waals surface area contributed by atoms with E-state index in [0.29, 0.717) is 32.7 Å². The average Bonchev–Trinajstić information content (AvgIpc) is 2.79. The third kappa shape index (κ3) is 2.61. The fourth-order valence-electron chi connectivity index (χ4n) is 3.21. The van der Waals surface area contributed by atoms with E-state index in [0.717, 1.165) is 5.69 Å². The topological polar surface area (TPSA) is 49.9 Å². The Morgan fingerprint density at radius 2 is 1.82 bits per heavy atom. The molecule has 1 aromatic rings. The first-order chi connectivity index (χ1) is 10.5. The molecule has 0 radical (unpaired) electrons. The zero-order valence-electron chi connectivity index (χ0n) is 13.1. The Kier molecular flexibility index (Phi) is 3.91. The molecule has 2 amide bonds. The van der Waals surface area contributed by atoms with Gasteiger partial charge >= 0.3 is 0 Å². The third-order valence-corrected chi connectivity index (χ3v) is 4.46. The lowest BCUT2D eigenvalue weighted by molar-refractivity contribution is -0.137. The molecule has 0 aromatic heterocycles. The van der Waals surface area contributed by atoms with Gasteiger partial charge in [0.2, 0.25) is 11.8 Å². The highest BCUT2D eigenvalue weighted by Crippen LogP contribution is 2.39. The zero-order chi connectivity index (χ0) is 15.7. The van der Waals surface area contributed by atoms with E-state index in [-0.39, 0.29) is 11.8 Å². The van der Waals surface area contributed by atoms with Gasteiger partial charge in [0.1, 0.15) is 6.04 Å². The Morgan fingerprint density at radius 1 is 1.18 bits per heavy atom. The van der Waals surface area contributed by atoms with Gasteiger partial charge in [0.25, 0.3) is 0 Å². The molecule has 22 heavy (non-hydrogen) atoms. The van der Waals surface area contributed by atoms with Crippen molar-refractivity contribution in [2.75, 3.05) is 31.2 Å². The van der Waals surface area contributed by atoms with Gasteiger partial charge in [0.15, 0.2) is 0 Å². The summed E-state index contributed by atoms with van der Waals surface area (Å²) in [4.78, 5) is 29.1. The van der Waals surface area contributed by atoms with Gasteiger partial charge in [-0.05, 0) is 18.6 Å². The van der Waals surface area contributed by atoms with Crippen LogP contribution in [0.4, 0.5) is 5.69 Å². The molecule has 0 spiro atoms. The maximum atomic E-state index is 12.9. The minimum absolute atomic E-state index is 0.0188. The van der Waals surface area contributed by atoms with Crippen molar-refractivity contribution in [3.8, 4) is 0 Å². The fourth-order valence-corrected chi connectivity index (χ4v) is 3.21. The second kappa shape index (κ2) is 5.72. The number of anilines is 1. The average molecular weight is 302 g/mol. The molecular formula is C17H22N2O3. The van der Waals surface area contributed by atoms with Crippen molar-refractivity contribution in [1.82, 2.24) is 4.90 Å². The number of hydrogen-bond donors (Lipinski definition) is 0. The molecule has 2 saturated heterocycles. The molecule has 5 nitrogen and oxygen atoms in total. The molecule has 1 aromatic carbocycles. The molecule has 0 aliphatic carbocycles. The lowest BCUT2D eigenvalue weighted by atomic mass is 9.89. The quantitative estimate of drug-likeness (QED) is 0.835. The minimum Gasteiger partial charge on any atom is -0.378 e. The number of hydrogen-bond acceptors (Lipinski definition) is 3. The molecule has 2 fully saturated rings. The first kappa shape index (κ1) is 15.0. The van der Waals surface area contributed by atoms with E-state index < -0.39 is 11.5 Å². The van der Waals surface area contributed by atoms with Gasteiger partial charge in [0, 0.05) is 24.2 Å². The van der Waals surface area contributed by atoms with Gasteiger partial charge in [0.05, 0.1) is 13.2 Å². The van der Waals surface area contributed by atoms with Crippen molar-refractivity contribution in [2.45, 2.75) is 26.3 Å². The van der Waals surface area contributed by atoms with Crippen molar-refractivity contribution >= 4 is 17.5 Å². The second-order valence-corrected chi connectivity index (χ2v) is 6.55. The number of carbonyl (C=O) groups is 2. The van der Waals surface area contributed by atoms with Crippen LogP contribution in [0.15, 0.2) is 30.3 Å². The van der Waals surface area contributed by atoms with Crippen LogP contribution < -0.4 is 4.90 Å². The standard InChI is InChI=1S/C17H22N2O3/c1-17(2)12-14(15(20)18-8-10-22-11-9-18)19(16(17)21)13-6-4-3-5-7-13/h3-7,14H,8-12H2,1-2H3. The number of nitrogens with zero attached hydrogens (tertiary/aromatic N) is 2. The number of benzene rings is 1. The van der Waals surface area contributed by atoms with Gasteiger partial charge in [-0.2, -0.15) is 0 Å². The van der Waals surface area contributed by atoms with Crippen molar-refractivity contribution < 1.29 is 14.3 Å². The second-order valence-electron chi connectivity index (χ2n) is 6.55. The predicted molar refractivity (Wildman–Crippen MR) is 83.5 cm³/mol. The summed E-state index contributed by atoms with van der Waals surface area (Å²) in [5, 5.41) is 0. The maximum absolute atomic E-state index is 12.9. The molecule has 1 atom stereocenters. The number of carbonyl (C=O) groups excluding carboxylic acids is 2. The highest BCUT2D eigenvalue weighted by molar-refractivity contribution is 6.06. The summed E-state index contributed by atoms with van der Waals surface area (Å²) in [5.41, 5.74) is 0.285. The summed E-state index contributed by atoms with van der Waals surface area (Å²) in [5.74, 6) is 0.0522. The molecule has 5 heteroatoms. The molecule has 2 aliphatic heterocycles. The third-order valence-electron chi connectivity index (χ3n) is 4.46. The molecule has 118 valence electrons. The van der Waals surface area contributed by atoms with Crippen LogP contribution in [0.5, 0.6) is 0 Å². The van der Waals surface area contributed by atoms with Crippen LogP contribution in [0, 0.1) is 5.41 Å². The summed E-state index contributed by atoms with van der Waals surface area (Å²) in [6.07, 6.45) is 0.552. The maximum Gasteiger partial charge on any atom is 0.245 e. The number of amides is 2. The highest BCUT2D eigenvalue weighted by atomic mass is 16.5. The molecule has 2 heterocycles. The van der Waals surface area contributed by atoms with Gasteiger partial charge in [-0.3, -0.25) is 14.5 Å². The Hall–Kier alpha value is -1.88. The van der Waals surface area contributed by atoms with Crippen LogP contribution in [0.3, 0.4) is 0 Å². The van der Waals surface area contributed by atoms with Crippen molar-refractivity contribution in [3.05, 3.63) is 30.3 Å². The van der Waals surface area contributed by atoms with Crippen LogP contribution in [-0.2, 0) is 14.3 Å². The number of para-hydroxylation sites is 1. The normalized spacial score (nSPS) is 24.6. The molecule has 1 unspecified atom stereocenters. The van der Waals surface area contributed by atoms with Crippen LogP contribution in [0.1, 0.15) is 20.3 Å². The fraction of sp³-hybridized carbons (Fsp3) is 0.529. The Labute approximate surface area is 130 Å². The molecule has 3 rings (SSSR count). The lowest BCUT2D eigenvalue weighted by Gasteiger charge is -2.32. The minimum atomic E-state index is -0.511. The highest BCUT2D eigenvalue weighted by Gasteiger charge is 2.49. The smallest absolute Gasteiger partial charge is 0.245 e. The van der Waals surface area contributed by atoms with E-state index in [1.807, 2.05) is 49.1 Å². The largest absolute Gasteiger partial charge is 0.378 e. The van der Waals surface area contributed by atoms with E-state index in [4.69, 9.17) is 4.74 Å². The number of rotatable bonds is 2. The first-order valence-corrected chi connectivity index (χ1v) is 7.76. The van der Waals surface area contributed by atoms with Gasteiger partial charge < -0.3 is 9.64 Å². The van der Waals surface area contributed by atoms with Crippen LogP contribution in [-0.4, -0.2) is 49.1 Å². The summed E-state index contributed by atoms with van der Waals surface area (Å²) in [7, 11) is 0. The van der Waals surface area contributed by atoms with Crippen LogP contribution in [0.25, 0.3) is 0 Å². The zero-order valence-corrected chi connectivity index (χ0v) is 13.1. The van der Waals surface area contributed by atoms with Crippen molar-refractivity contribution in [2.24, 2.45) is 5.41 Å². The van der Waals surface area contributed by atoms with Gasteiger partial charge in [-0.25, -0.2) is 0 Å². The van der Waals surface area contributed by atoms with Gasteiger partial charge in [-0.15, -0.1) is 0 Å². The molecule has 0 saturated carbocycles. The van der Waals surface area contributed by atoms with E-state index in [1.165, 1.54) is 0 Å². The Bertz CT molecular complexity index is 565. The number of morpholine rings is 1. The predicted octanol–water partition coefficient (Wildman–Crippen LogP) is 1.68. The molecule has 2 aliphatic rings. The van der Waals surface area contributed by atoms with E-state index >= 15 is 0 Å². The summed E-state index contributed by atoms with van der Waals surface area (Å²) in [6, 6.07) is 9.06. The van der Waals surface area contributed by atoms with E-state index in [9.17, 15) is 9.59 Å². The summed E-state index contributed by atoms with van der Waals surface area (Å²) < 4.78 is 5.31. The van der Waals surface area contributed by atoms with Crippen molar-refractivity contribution in [1.29, 1.82) is 0 Å². The monoisotopic (exact) mass is 302 g/mol. The van der Waals surface area contributed by atoms with Crippen LogP contribution >= 0.6 is 0 Å². The molecular weight excluding hydrogens is 280 g/mol. The molecule has 0 N–H and O–H groups in total. The van der Waals surface area contributed by atoms with Crippen molar-refractivity contribution in [3.63, 3.8) is 0 Å². The van der Waals surface area contributed by atoms with Gasteiger partial charge in [-0.1, -0.05) is 32.0 Å². The van der Waals surface area contributed by atoms with E-state index in [1.54, 1.807) is 4.90 Å². The van der Waals surface area contributed by atoms with E-state index in [2.05, 4.69) is 0 Å². The Morgan fingerprint density at radius 3 is 2.45 bits per heavy atom. The molecule has 0 bridgehead atoms. The SMILES string of the molecule is CC1(C)CC(C(=O)N2CCOCC2)N(c2ccccc2)C1=O. The Balaban J connectivity index is 1.90.